The average Bonchev–Trinajstić information content (AvgIpc) is 2.54. The predicted octanol–water partition coefficient (Wildman–Crippen LogP) is 4.10. The molecule has 0 aliphatic carbocycles. The molecule has 2 aromatic carbocycles. The normalized spacial score (nSPS) is 12.5. The number of pyridine rings is 1. The number of aromatic nitrogens is 1. The number of hydrogen-bond acceptors (Lipinski definition) is 4. The first-order valence-electron chi connectivity index (χ1n) is 7.12. The van der Waals surface area contributed by atoms with E-state index < -0.39 is 37.7 Å². The van der Waals surface area contributed by atoms with Gasteiger partial charge in [-0.25, -0.2) is 8.42 Å². The summed E-state index contributed by atoms with van der Waals surface area (Å²) in [5.74, 6) is -1.09. The van der Waals surface area contributed by atoms with E-state index in [4.69, 9.17) is 0 Å². The Morgan fingerprint density at radius 3 is 2.32 bits per heavy atom. The lowest BCUT2D eigenvalue weighted by atomic mass is 10.1. The van der Waals surface area contributed by atoms with Crippen LogP contribution in [-0.4, -0.2) is 18.5 Å². The number of rotatable bonds is 2. The van der Waals surface area contributed by atoms with Crippen LogP contribution in [-0.2, 0) is 16.0 Å². The molecule has 0 aliphatic rings. The number of aromatic hydroxyl groups is 1. The fraction of sp³-hybridized carbons (Fsp3) is 0.118. The van der Waals surface area contributed by atoms with E-state index in [1.165, 1.54) is 30.5 Å². The zero-order valence-electron chi connectivity index (χ0n) is 12.9. The summed E-state index contributed by atoms with van der Waals surface area (Å²) in [5.41, 5.74) is -1.04. The quantitative estimate of drug-likeness (QED) is 0.740. The number of sulfone groups is 1. The molecule has 0 saturated heterocycles. The number of nitrogens with zero attached hydrogens (tertiary/aromatic N) is 1. The molecule has 0 unspecified atom stereocenters. The van der Waals surface area contributed by atoms with Crippen molar-refractivity contribution in [1.29, 1.82) is 0 Å². The van der Waals surface area contributed by atoms with Gasteiger partial charge in [0.1, 0.15) is 11.1 Å². The minimum Gasteiger partial charge on any atom is -0.505 e. The molecule has 4 nitrogen and oxygen atoms in total. The van der Waals surface area contributed by atoms with Crippen molar-refractivity contribution < 1.29 is 26.7 Å². The highest BCUT2D eigenvalue weighted by molar-refractivity contribution is 7.91. The molecule has 3 rings (SSSR count). The summed E-state index contributed by atoms with van der Waals surface area (Å²) in [6.45, 7) is 1.76. The van der Waals surface area contributed by atoms with E-state index >= 15 is 0 Å². The number of hydrogen-bond donors (Lipinski definition) is 1. The number of aryl methyl sites for hydroxylation is 1. The minimum atomic E-state index is -4.92. The van der Waals surface area contributed by atoms with Crippen LogP contribution in [0.2, 0.25) is 0 Å². The standard InChI is InChI=1S/C17H12F3NO3S/c1-10-4-6-11(7-5-10)25(23,24)14-9-13(17(18,19)20)16(22)15-12(14)3-2-8-21-15/h2-9,22H,1H3. The number of halogens is 3. The zero-order valence-corrected chi connectivity index (χ0v) is 13.7. The van der Waals surface area contributed by atoms with E-state index in [0.29, 0.717) is 6.07 Å². The van der Waals surface area contributed by atoms with Gasteiger partial charge in [-0.3, -0.25) is 4.98 Å². The molecule has 130 valence electrons. The van der Waals surface area contributed by atoms with E-state index in [0.717, 1.165) is 5.56 Å². The van der Waals surface area contributed by atoms with Gasteiger partial charge in [0.15, 0.2) is 5.75 Å². The van der Waals surface area contributed by atoms with Crippen molar-refractivity contribution in [3.63, 3.8) is 0 Å². The fourth-order valence-electron chi connectivity index (χ4n) is 2.48. The van der Waals surface area contributed by atoms with Gasteiger partial charge in [0.05, 0.1) is 9.79 Å². The van der Waals surface area contributed by atoms with Crippen LogP contribution in [0.1, 0.15) is 11.1 Å². The number of benzene rings is 2. The summed E-state index contributed by atoms with van der Waals surface area (Å²) in [6, 6.07) is 8.91. The van der Waals surface area contributed by atoms with E-state index in [9.17, 15) is 26.7 Å². The van der Waals surface area contributed by atoms with Gasteiger partial charge in [-0.2, -0.15) is 13.2 Å². The highest BCUT2D eigenvalue weighted by atomic mass is 32.2. The summed E-state index contributed by atoms with van der Waals surface area (Å²) in [5, 5.41) is 9.83. The van der Waals surface area contributed by atoms with Gasteiger partial charge in [0, 0.05) is 11.6 Å². The third-order valence-electron chi connectivity index (χ3n) is 3.75. The van der Waals surface area contributed by atoms with Crippen molar-refractivity contribution in [2.24, 2.45) is 0 Å². The molecule has 8 heteroatoms. The lowest BCUT2D eigenvalue weighted by molar-refractivity contribution is -0.138. The Balaban J connectivity index is 2.39. The maximum atomic E-state index is 13.2. The second kappa shape index (κ2) is 5.73. The Kier molecular flexibility index (Phi) is 3.95. The second-order valence-electron chi connectivity index (χ2n) is 5.48. The van der Waals surface area contributed by atoms with Crippen molar-refractivity contribution in [3.05, 3.63) is 59.8 Å². The van der Waals surface area contributed by atoms with Crippen LogP contribution in [0.5, 0.6) is 5.75 Å². The Hall–Kier alpha value is -2.61. The molecular formula is C17H12F3NO3S. The molecule has 0 atom stereocenters. The molecule has 0 bridgehead atoms. The lowest BCUT2D eigenvalue weighted by Gasteiger charge is -2.15. The third kappa shape index (κ3) is 2.93. The molecule has 0 amide bonds. The monoisotopic (exact) mass is 367 g/mol. The summed E-state index contributed by atoms with van der Waals surface area (Å²) >= 11 is 0. The molecule has 0 aliphatic heterocycles. The van der Waals surface area contributed by atoms with Gasteiger partial charge in [-0.1, -0.05) is 17.7 Å². The van der Waals surface area contributed by atoms with E-state index in [1.807, 2.05) is 0 Å². The van der Waals surface area contributed by atoms with Crippen LogP contribution in [0.4, 0.5) is 13.2 Å². The van der Waals surface area contributed by atoms with Crippen molar-refractivity contribution in [2.45, 2.75) is 22.9 Å². The van der Waals surface area contributed by atoms with Gasteiger partial charge in [-0.15, -0.1) is 0 Å². The first kappa shape index (κ1) is 17.2. The van der Waals surface area contributed by atoms with Gasteiger partial charge in [0.2, 0.25) is 9.84 Å². The highest BCUT2D eigenvalue weighted by Gasteiger charge is 2.37. The first-order valence-corrected chi connectivity index (χ1v) is 8.60. The van der Waals surface area contributed by atoms with E-state index in [2.05, 4.69) is 4.98 Å². The zero-order chi connectivity index (χ0) is 18.4. The molecular weight excluding hydrogens is 355 g/mol. The van der Waals surface area contributed by atoms with E-state index in [-0.39, 0.29) is 10.3 Å². The van der Waals surface area contributed by atoms with Gasteiger partial charge in [0.25, 0.3) is 0 Å². The molecule has 1 heterocycles. The molecule has 0 spiro atoms. The average molecular weight is 367 g/mol. The maximum Gasteiger partial charge on any atom is 0.420 e. The van der Waals surface area contributed by atoms with Gasteiger partial charge >= 0.3 is 6.18 Å². The topological polar surface area (TPSA) is 67.3 Å². The fourth-order valence-corrected chi connectivity index (χ4v) is 3.96. The van der Waals surface area contributed by atoms with Gasteiger partial charge in [-0.05, 0) is 37.3 Å². The summed E-state index contributed by atoms with van der Waals surface area (Å²) in [7, 11) is -4.23. The van der Waals surface area contributed by atoms with Gasteiger partial charge < -0.3 is 5.11 Å². The van der Waals surface area contributed by atoms with Crippen LogP contribution in [0.3, 0.4) is 0 Å². The lowest BCUT2D eigenvalue weighted by Crippen LogP contribution is -2.10. The third-order valence-corrected chi connectivity index (χ3v) is 5.56. The predicted molar refractivity (Wildman–Crippen MR) is 85.0 cm³/mol. The Morgan fingerprint density at radius 2 is 1.72 bits per heavy atom. The summed E-state index contributed by atoms with van der Waals surface area (Å²) in [6.07, 6.45) is -3.74. The number of phenols is 1. The largest absolute Gasteiger partial charge is 0.505 e. The van der Waals surface area contributed by atoms with Crippen LogP contribution in [0, 0.1) is 6.92 Å². The first-order chi connectivity index (χ1) is 11.6. The number of fused-ring (bicyclic) bond motifs is 1. The molecule has 0 saturated carbocycles. The number of alkyl halides is 3. The van der Waals surface area contributed by atoms with Crippen LogP contribution in [0.15, 0.2) is 58.5 Å². The Bertz CT molecular complexity index is 1060. The van der Waals surface area contributed by atoms with Crippen molar-refractivity contribution >= 4 is 20.7 Å². The summed E-state index contributed by atoms with van der Waals surface area (Å²) in [4.78, 5) is 3.03. The smallest absolute Gasteiger partial charge is 0.420 e. The van der Waals surface area contributed by atoms with Crippen LogP contribution >= 0.6 is 0 Å². The second-order valence-corrected chi connectivity index (χ2v) is 7.40. The van der Waals surface area contributed by atoms with Crippen molar-refractivity contribution in [3.8, 4) is 5.75 Å². The molecule has 0 radical (unpaired) electrons. The SMILES string of the molecule is Cc1ccc(S(=O)(=O)c2cc(C(F)(F)F)c(O)c3ncccc23)cc1. The summed E-state index contributed by atoms with van der Waals surface area (Å²) < 4.78 is 65.4. The Morgan fingerprint density at radius 1 is 1.08 bits per heavy atom. The van der Waals surface area contributed by atoms with Crippen LogP contribution < -0.4 is 0 Å². The minimum absolute atomic E-state index is 0.0754. The van der Waals surface area contributed by atoms with E-state index in [1.54, 1.807) is 19.1 Å². The number of phenolic OH excluding ortho intramolecular Hbond substituents is 1. The Labute approximate surface area is 141 Å². The van der Waals surface area contributed by atoms with Crippen LogP contribution in [0.25, 0.3) is 10.9 Å². The molecule has 3 aromatic rings. The molecule has 1 N–H and O–H groups in total. The molecule has 0 fully saturated rings. The van der Waals surface area contributed by atoms with Crippen molar-refractivity contribution in [2.75, 3.05) is 0 Å². The molecule has 25 heavy (non-hydrogen) atoms. The highest BCUT2D eigenvalue weighted by Crippen LogP contribution is 2.42. The molecule has 1 aromatic heterocycles. The maximum absolute atomic E-state index is 13.2. The van der Waals surface area contributed by atoms with Crippen molar-refractivity contribution in [1.82, 2.24) is 4.98 Å².